The summed E-state index contributed by atoms with van der Waals surface area (Å²) in [5.41, 5.74) is -1.87. The van der Waals surface area contributed by atoms with Crippen LogP contribution in [0.3, 0.4) is 0 Å². The van der Waals surface area contributed by atoms with Crippen molar-refractivity contribution in [2.75, 3.05) is 0 Å². The Morgan fingerprint density at radius 1 is 1.53 bits per heavy atom. The van der Waals surface area contributed by atoms with Crippen LogP contribution in [0.5, 0.6) is 0 Å². The number of pyridine rings is 1. The van der Waals surface area contributed by atoms with Gasteiger partial charge in [0.15, 0.2) is 0 Å². The van der Waals surface area contributed by atoms with E-state index >= 15 is 0 Å². The molecule has 0 spiro atoms. The van der Waals surface area contributed by atoms with E-state index < -0.39 is 28.9 Å². The maximum absolute atomic E-state index is 12.3. The summed E-state index contributed by atoms with van der Waals surface area (Å²) in [5, 5.41) is 7.74. The Kier molecular flexibility index (Phi) is 3.05. The lowest BCUT2D eigenvalue weighted by molar-refractivity contribution is -0.138. The summed E-state index contributed by atoms with van der Waals surface area (Å²) in [4.78, 5) is 11.2. The standard InChI is InChI=1S/C8H4ClF3N2O/c9-6-3-5(8(10,11)12)4-14(2-1-13)7(6)15/h3-4H,2H2. The summed E-state index contributed by atoms with van der Waals surface area (Å²) in [6, 6.07) is 2.11. The van der Waals surface area contributed by atoms with Crippen molar-refractivity contribution in [2.24, 2.45) is 0 Å². The molecule has 0 aromatic carbocycles. The molecule has 7 heteroatoms. The van der Waals surface area contributed by atoms with Crippen molar-refractivity contribution in [1.29, 1.82) is 5.26 Å². The molecule has 0 atom stereocenters. The normalized spacial score (nSPS) is 11.1. The smallest absolute Gasteiger partial charge is 0.300 e. The van der Waals surface area contributed by atoms with Crippen molar-refractivity contribution < 1.29 is 13.2 Å². The molecule has 1 rings (SSSR count). The Labute approximate surface area is 87.3 Å². The predicted molar refractivity (Wildman–Crippen MR) is 46.3 cm³/mol. The second-order valence-corrected chi connectivity index (χ2v) is 3.07. The van der Waals surface area contributed by atoms with Crippen LogP contribution < -0.4 is 5.56 Å². The molecule has 0 saturated carbocycles. The summed E-state index contributed by atoms with van der Waals surface area (Å²) in [5.74, 6) is 0. The lowest BCUT2D eigenvalue weighted by Crippen LogP contribution is -2.22. The molecule has 0 aliphatic carbocycles. The first kappa shape index (κ1) is 11.6. The van der Waals surface area contributed by atoms with E-state index in [1.54, 1.807) is 6.07 Å². The molecule has 0 aliphatic rings. The molecule has 0 bridgehead atoms. The monoisotopic (exact) mass is 236 g/mol. The number of hydrogen-bond donors (Lipinski definition) is 0. The van der Waals surface area contributed by atoms with E-state index in [0.29, 0.717) is 16.8 Å². The fraction of sp³-hybridized carbons (Fsp3) is 0.250. The highest BCUT2D eigenvalue weighted by atomic mass is 35.5. The van der Waals surface area contributed by atoms with Gasteiger partial charge in [-0.3, -0.25) is 9.36 Å². The highest BCUT2D eigenvalue weighted by Gasteiger charge is 2.31. The number of nitriles is 1. The van der Waals surface area contributed by atoms with Gasteiger partial charge in [0.05, 0.1) is 11.6 Å². The first-order valence-electron chi connectivity index (χ1n) is 3.70. The number of aromatic nitrogens is 1. The van der Waals surface area contributed by atoms with Gasteiger partial charge in [0.1, 0.15) is 11.6 Å². The van der Waals surface area contributed by atoms with Gasteiger partial charge >= 0.3 is 6.18 Å². The van der Waals surface area contributed by atoms with Gasteiger partial charge < -0.3 is 0 Å². The van der Waals surface area contributed by atoms with Crippen LogP contribution in [-0.2, 0) is 12.7 Å². The Morgan fingerprint density at radius 3 is 2.60 bits per heavy atom. The third-order valence-corrected chi connectivity index (χ3v) is 1.88. The van der Waals surface area contributed by atoms with Crippen LogP contribution in [0, 0.1) is 11.3 Å². The summed E-state index contributed by atoms with van der Waals surface area (Å²) in [6.07, 6.45) is -4.02. The topological polar surface area (TPSA) is 45.8 Å². The minimum atomic E-state index is -4.59. The zero-order valence-electron chi connectivity index (χ0n) is 7.18. The molecule has 0 aliphatic heterocycles. The van der Waals surface area contributed by atoms with Gasteiger partial charge in [-0.1, -0.05) is 11.6 Å². The Hall–Kier alpha value is -1.48. The molecule has 0 fully saturated rings. The lowest BCUT2D eigenvalue weighted by atomic mass is 10.3. The zero-order valence-corrected chi connectivity index (χ0v) is 7.93. The fourth-order valence-corrected chi connectivity index (χ4v) is 1.17. The molecule has 0 radical (unpaired) electrons. The van der Waals surface area contributed by atoms with E-state index in [1.165, 1.54) is 0 Å². The quantitative estimate of drug-likeness (QED) is 0.749. The number of hydrogen-bond acceptors (Lipinski definition) is 2. The fourth-order valence-electron chi connectivity index (χ4n) is 0.948. The summed E-state index contributed by atoms with van der Waals surface area (Å²) in [6.45, 7) is -0.470. The van der Waals surface area contributed by atoms with Gasteiger partial charge in [0, 0.05) is 6.20 Å². The van der Waals surface area contributed by atoms with Crippen molar-refractivity contribution in [3.05, 3.63) is 33.2 Å². The van der Waals surface area contributed by atoms with E-state index in [2.05, 4.69) is 0 Å². The minimum absolute atomic E-state index is 0.470. The van der Waals surface area contributed by atoms with E-state index in [0.717, 1.165) is 0 Å². The molecule has 0 N–H and O–H groups in total. The maximum Gasteiger partial charge on any atom is 0.417 e. The van der Waals surface area contributed by atoms with Crippen LogP contribution >= 0.6 is 11.6 Å². The largest absolute Gasteiger partial charge is 0.417 e. The third-order valence-electron chi connectivity index (χ3n) is 1.61. The van der Waals surface area contributed by atoms with E-state index in [4.69, 9.17) is 16.9 Å². The number of halogens is 4. The average molecular weight is 237 g/mol. The molecule has 15 heavy (non-hydrogen) atoms. The lowest BCUT2D eigenvalue weighted by Gasteiger charge is -2.09. The summed E-state index contributed by atoms with van der Waals surface area (Å²) < 4.78 is 37.4. The molecular weight excluding hydrogens is 233 g/mol. The number of nitrogens with zero attached hydrogens (tertiary/aromatic N) is 2. The molecule has 1 heterocycles. The van der Waals surface area contributed by atoms with Gasteiger partial charge in [-0.25, -0.2) is 0 Å². The van der Waals surface area contributed by atoms with Crippen molar-refractivity contribution in [3.63, 3.8) is 0 Å². The van der Waals surface area contributed by atoms with Crippen LogP contribution in [0.1, 0.15) is 5.56 Å². The van der Waals surface area contributed by atoms with Crippen molar-refractivity contribution in [1.82, 2.24) is 4.57 Å². The zero-order chi connectivity index (χ0) is 11.6. The van der Waals surface area contributed by atoms with Gasteiger partial charge in [0.2, 0.25) is 0 Å². The van der Waals surface area contributed by atoms with E-state index in [-0.39, 0.29) is 0 Å². The molecule has 0 amide bonds. The predicted octanol–water partition coefficient (Wildman–Crippen LogP) is 2.04. The molecule has 3 nitrogen and oxygen atoms in total. The van der Waals surface area contributed by atoms with Crippen LogP contribution in [-0.4, -0.2) is 4.57 Å². The van der Waals surface area contributed by atoms with Crippen LogP contribution in [0.15, 0.2) is 17.1 Å². The van der Waals surface area contributed by atoms with Gasteiger partial charge in [-0.2, -0.15) is 18.4 Å². The second kappa shape index (κ2) is 3.95. The van der Waals surface area contributed by atoms with E-state index in [1.807, 2.05) is 0 Å². The number of alkyl halides is 3. The number of rotatable bonds is 1. The molecule has 80 valence electrons. The molecule has 1 aromatic heterocycles. The van der Waals surface area contributed by atoms with Gasteiger partial charge in [-0.15, -0.1) is 0 Å². The molecule has 0 saturated heterocycles. The second-order valence-electron chi connectivity index (χ2n) is 2.67. The molecular formula is C8H4ClF3N2O. The van der Waals surface area contributed by atoms with Gasteiger partial charge in [-0.05, 0) is 6.07 Å². The summed E-state index contributed by atoms with van der Waals surface area (Å²) in [7, 11) is 0. The highest BCUT2D eigenvalue weighted by molar-refractivity contribution is 6.30. The van der Waals surface area contributed by atoms with Crippen LogP contribution in [0.25, 0.3) is 0 Å². The third kappa shape index (κ3) is 2.50. The SMILES string of the molecule is N#CCn1cc(C(F)(F)F)cc(Cl)c1=O. The highest BCUT2D eigenvalue weighted by Crippen LogP contribution is 2.29. The Morgan fingerprint density at radius 2 is 2.13 bits per heavy atom. The van der Waals surface area contributed by atoms with Crippen molar-refractivity contribution in [2.45, 2.75) is 12.7 Å². The van der Waals surface area contributed by atoms with Crippen LogP contribution in [0.4, 0.5) is 13.2 Å². The first-order chi connectivity index (χ1) is 6.86. The average Bonchev–Trinajstić information content (AvgIpc) is 2.11. The Bertz CT molecular complexity index is 472. The van der Waals surface area contributed by atoms with Gasteiger partial charge in [0.25, 0.3) is 5.56 Å². The van der Waals surface area contributed by atoms with Crippen molar-refractivity contribution >= 4 is 11.6 Å². The first-order valence-corrected chi connectivity index (χ1v) is 4.08. The summed E-state index contributed by atoms with van der Waals surface area (Å²) >= 11 is 5.32. The van der Waals surface area contributed by atoms with Crippen LogP contribution in [0.2, 0.25) is 5.02 Å². The molecule has 0 unspecified atom stereocenters. The Balaban J connectivity index is 3.38. The minimum Gasteiger partial charge on any atom is -0.300 e. The van der Waals surface area contributed by atoms with E-state index in [9.17, 15) is 18.0 Å². The van der Waals surface area contributed by atoms with Crippen molar-refractivity contribution in [3.8, 4) is 6.07 Å². The maximum atomic E-state index is 12.3. The molecule has 1 aromatic rings.